The van der Waals surface area contributed by atoms with Gasteiger partial charge in [-0.15, -0.1) is 0 Å². The number of halogens is 2. The first-order chi connectivity index (χ1) is 11.1. The molecule has 6 nitrogen and oxygen atoms in total. The Morgan fingerprint density at radius 3 is 3.13 bits per heavy atom. The van der Waals surface area contributed by atoms with Gasteiger partial charge in [0.05, 0.1) is 13.2 Å². The minimum atomic E-state index is -0.410. The van der Waals surface area contributed by atoms with Gasteiger partial charge in [-0.3, -0.25) is 4.79 Å². The molecule has 1 aliphatic rings. The molecule has 23 heavy (non-hydrogen) atoms. The predicted octanol–water partition coefficient (Wildman–Crippen LogP) is 2.58. The molecule has 0 N–H and O–H groups in total. The zero-order chi connectivity index (χ0) is 16.2. The molecular formula is C15H13BrFN3O3. The number of ether oxygens (including phenoxy) is 1. The summed E-state index contributed by atoms with van der Waals surface area (Å²) in [6, 6.07) is 4.13. The van der Waals surface area contributed by atoms with Crippen molar-refractivity contribution in [2.75, 3.05) is 19.8 Å². The number of nitrogens with zero attached hydrogens (tertiary/aromatic N) is 3. The van der Waals surface area contributed by atoms with Gasteiger partial charge in [-0.2, -0.15) is 4.98 Å². The Labute approximate surface area is 140 Å². The zero-order valence-corrected chi connectivity index (χ0v) is 13.6. The summed E-state index contributed by atoms with van der Waals surface area (Å²) in [4.78, 5) is 18.0. The van der Waals surface area contributed by atoms with E-state index in [1.54, 1.807) is 17.0 Å². The summed E-state index contributed by atoms with van der Waals surface area (Å²) < 4.78 is 24.6. The molecule has 3 rings (SSSR count). The molecule has 1 saturated heterocycles. The number of hydrogen-bond acceptors (Lipinski definition) is 5. The van der Waals surface area contributed by atoms with E-state index in [-0.39, 0.29) is 5.91 Å². The number of rotatable bonds is 3. The van der Waals surface area contributed by atoms with E-state index >= 15 is 0 Å². The van der Waals surface area contributed by atoms with Gasteiger partial charge in [0.2, 0.25) is 12.3 Å². The van der Waals surface area contributed by atoms with Gasteiger partial charge in [0.1, 0.15) is 11.9 Å². The Balaban J connectivity index is 1.78. The fraction of sp³-hybridized carbons (Fsp3) is 0.267. The van der Waals surface area contributed by atoms with Crippen molar-refractivity contribution < 1.29 is 18.4 Å². The number of benzene rings is 1. The van der Waals surface area contributed by atoms with Crippen LogP contribution in [0.15, 0.2) is 39.7 Å². The maximum absolute atomic E-state index is 13.7. The highest BCUT2D eigenvalue weighted by atomic mass is 79.9. The molecule has 2 heterocycles. The van der Waals surface area contributed by atoms with Crippen molar-refractivity contribution in [1.29, 1.82) is 0 Å². The van der Waals surface area contributed by atoms with Crippen LogP contribution in [0.2, 0.25) is 0 Å². The fourth-order valence-corrected chi connectivity index (χ4v) is 2.68. The number of amides is 1. The highest BCUT2D eigenvalue weighted by Gasteiger charge is 2.30. The third kappa shape index (κ3) is 3.65. The van der Waals surface area contributed by atoms with Crippen molar-refractivity contribution >= 4 is 27.9 Å². The Morgan fingerprint density at radius 2 is 2.35 bits per heavy atom. The van der Waals surface area contributed by atoms with Crippen LogP contribution >= 0.6 is 15.9 Å². The van der Waals surface area contributed by atoms with Gasteiger partial charge in [0.25, 0.3) is 0 Å². The summed E-state index contributed by atoms with van der Waals surface area (Å²) in [5, 5.41) is 3.77. The molecule has 1 amide bonds. The number of morpholine rings is 1. The first-order valence-electron chi connectivity index (χ1n) is 6.93. The van der Waals surface area contributed by atoms with Crippen molar-refractivity contribution in [3.05, 3.63) is 52.3 Å². The quantitative estimate of drug-likeness (QED) is 0.764. The Hall–Kier alpha value is -2.06. The molecule has 8 heteroatoms. The molecule has 1 fully saturated rings. The number of carbonyl (C=O) groups excluding carboxylic acids is 1. The second-order valence-electron chi connectivity index (χ2n) is 4.91. The molecule has 120 valence electrons. The molecular weight excluding hydrogens is 369 g/mol. The summed E-state index contributed by atoms with van der Waals surface area (Å²) >= 11 is 3.28. The normalized spacial score (nSPS) is 18.5. The summed E-state index contributed by atoms with van der Waals surface area (Å²) in [7, 11) is 0. The fourth-order valence-electron chi connectivity index (χ4n) is 2.31. The average Bonchev–Trinajstić information content (AvgIpc) is 3.10. The second-order valence-corrected chi connectivity index (χ2v) is 5.83. The largest absolute Gasteiger partial charge is 0.377 e. The van der Waals surface area contributed by atoms with E-state index in [1.165, 1.54) is 24.6 Å². The van der Waals surface area contributed by atoms with Gasteiger partial charge >= 0.3 is 0 Å². The van der Waals surface area contributed by atoms with Crippen LogP contribution < -0.4 is 0 Å². The SMILES string of the molecule is O=C(C=Cc1cc(Br)ccc1F)N1CCOCC1c1ncon1. The second kappa shape index (κ2) is 7.01. The molecule has 1 aliphatic heterocycles. The minimum absolute atomic E-state index is 0.262. The maximum atomic E-state index is 13.7. The topological polar surface area (TPSA) is 68.5 Å². The number of hydrogen-bond donors (Lipinski definition) is 0. The van der Waals surface area contributed by atoms with E-state index in [0.29, 0.717) is 31.1 Å². The van der Waals surface area contributed by atoms with E-state index in [1.807, 2.05) is 0 Å². The first-order valence-corrected chi connectivity index (χ1v) is 7.72. The lowest BCUT2D eigenvalue weighted by molar-refractivity contribution is -0.135. The van der Waals surface area contributed by atoms with Crippen molar-refractivity contribution in [3.8, 4) is 0 Å². The van der Waals surface area contributed by atoms with Crippen molar-refractivity contribution in [2.45, 2.75) is 6.04 Å². The van der Waals surface area contributed by atoms with E-state index in [0.717, 1.165) is 4.47 Å². The monoisotopic (exact) mass is 381 g/mol. The lowest BCUT2D eigenvalue weighted by Crippen LogP contribution is -2.43. The van der Waals surface area contributed by atoms with Crippen LogP contribution in [-0.4, -0.2) is 40.7 Å². The maximum Gasteiger partial charge on any atom is 0.247 e. The lowest BCUT2D eigenvalue weighted by Gasteiger charge is -2.32. The molecule has 0 aliphatic carbocycles. The minimum Gasteiger partial charge on any atom is -0.377 e. The molecule has 1 aromatic heterocycles. The third-order valence-corrected chi connectivity index (χ3v) is 3.94. The van der Waals surface area contributed by atoms with Gasteiger partial charge in [-0.1, -0.05) is 21.1 Å². The van der Waals surface area contributed by atoms with Gasteiger partial charge in [0, 0.05) is 22.7 Å². The lowest BCUT2D eigenvalue weighted by atomic mass is 10.1. The summed E-state index contributed by atoms with van der Waals surface area (Å²) in [6.07, 6.45) is 3.99. The van der Waals surface area contributed by atoms with Gasteiger partial charge in [0.15, 0.2) is 5.82 Å². The Morgan fingerprint density at radius 1 is 1.48 bits per heavy atom. The number of carbonyl (C=O) groups is 1. The van der Waals surface area contributed by atoms with E-state index in [9.17, 15) is 9.18 Å². The van der Waals surface area contributed by atoms with E-state index in [2.05, 4.69) is 26.1 Å². The van der Waals surface area contributed by atoms with Crippen LogP contribution in [0.3, 0.4) is 0 Å². The van der Waals surface area contributed by atoms with Gasteiger partial charge in [-0.05, 0) is 24.3 Å². The van der Waals surface area contributed by atoms with Gasteiger partial charge in [-0.25, -0.2) is 4.39 Å². The zero-order valence-electron chi connectivity index (χ0n) is 12.0. The van der Waals surface area contributed by atoms with Gasteiger partial charge < -0.3 is 14.2 Å². The van der Waals surface area contributed by atoms with E-state index in [4.69, 9.17) is 9.26 Å². The Kier molecular flexibility index (Phi) is 4.82. The highest BCUT2D eigenvalue weighted by molar-refractivity contribution is 9.10. The summed E-state index contributed by atoms with van der Waals surface area (Å²) in [5.74, 6) is -0.267. The molecule has 0 saturated carbocycles. The standard InChI is InChI=1S/C15H13BrFN3O3/c16-11-2-3-12(17)10(7-11)1-4-14(21)20-5-6-22-8-13(20)15-18-9-23-19-15/h1-4,7,9,13H,5-6,8H2. The van der Waals surface area contributed by atoms with Crippen LogP contribution in [0, 0.1) is 5.82 Å². The molecule has 0 radical (unpaired) electrons. The number of aromatic nitrogens is 2. The van der Waals surface area contributed by atoms with Crippen LogP contribution in [0.4, 0.5) is 4.39 Å². The smallest absolute Gasteiger partial charge is 0.247 e. The van der Waals surface area contributed by atoms with Crippen LogP contribution in [-0.2, 0) is 9.53 Å². The molecule has 1 aromatic carbocycles. The van der Waals surface area contributed by atoms with Crippen molar-refractivity contribution in [2.24, 2.45) is 0 Å². The summed E-state index contributed by atoms with van der Waals surface area (Å²) in [5.41, 5.74) is 0.331. The van der Waals surface area contributed by atoms with Crippen LogP contribution in [0.5, 0.6) is 0 Å². The van der Waals surface area contributed by atoms with Crippen LogP contribution in [0.25, 0.3) is 6.08 Å². The molecule has 1 atom stereocenters. The molecule has 1 unspecified atom stereocenters. The predicted molar refractivity (Wildman–Crippen MR) is 82.7 cm³/mol. The highest BCUT2D eigenvalue weighted by Crippen LogP contribution is 2.22. The van der Waals surface area contributed by atoms with Crippen molar-refractivity contribution in [3.63, 3.8) is 0 Å². The van der Waals surface area contributed by atoms with E-state index < -0.39 is 11.9 Å². The molecule has 0 bridgehead atoms. The Bertz CT molecular complexity index is 721. The first kappa shape index (κ1) is 15.8. The third-order valence-electron chi connectivity index (χ3n) is 3.45. The van der Waals surface area contributed by atoms with Crippen LogP contribution in [0.1, 0.15) is 17.4 Å². The molecule has 0 spiro atoms. The van der Waals surface area contributed by atoms with Crippen molar-refractivity contribution in [1.82, 2.24) is 15.0 Å². The summed E-state index contributed by atoms with van der Waals surface area (Å²) in [6.45, 7) is 1.13. The molecule has 2 aromatic rings. The average molecular weight is 382 g/mol.